The molecule has 0 N–H and O–H groups in total. The van der Waals surface area contributed by atoms with Gasteiger partial charge in [-0.1, -0.05) is 176 Å². The third-order valence-corrected chi connectivity index (χ3v) is 12.8. The summed E-state index contributed by atoms with van der Waals surface area (Å²) in [5, 5.41) is 2.23. The quantitative estimate of drug-likeness (QED) is 0.178. The zero-order chi connectivity index (χ0) is 40.8. The molecule has 0 radical (unpaired) electrons. The van der Waals surface area contributed by atoms with Crippen LogP contribution in [0.1, 0.15) is 22.3 Å². The first-order valence-corrected chi connectivity index (χ1v) is 21.0. The van der Waals surface area contributed by atoms with Gasteiger partial charge in [0.2, 0.25) is 0 Å². The standard InChI is InChI=1S/C57H34N4O/c1-3-15-35(16-4-1)50-32-51(38-33-58-55(59-34-38)36-17-5-2-6-18-36)61-56(60-50)37-27-28-42-40-20-8-7-19-39(40)41-21-9-12-24-46(41)57(49(42)31-37)47-25-13-10-23-45(47)53-48(57)30-29-44-43-22-11-14-26-52(43)62-54(44)53/h1-34H. The molecule has 3 heterocycles. The van der Waals surface area contributed by atoms with E-state index in [9.17, 15) is 0 Å². The zero-order valence-corrected chi connectivity index (χ0v) is 33.3. The molecule has 5 heteroatoms. The van der Waals surface area contributed by atoms with Gasteiger partial charge in [-0.3, -0.25) is 0 Å². The van der Waals surface area contributed by atoms with Crippen molar-refractivity contribution in [1.82, 2.24) is 19.9 Å². The highest BCUT2D eigenvalue weighted by molar-refractivity contribution is 6.13. The van der Waals surface area contributed by atoms with E-state index < -0.39 is 5.41 Å². The van der Waals surface area contributed by atoms with Gasteiger partial charge in [-0.05, 0) is 68.3 Å². The second-order valence-electron chi connectivity index (χ2n) is 16.1. The fourth-order valence-electron chi connectivity index (χ4n) is 10.2. The lowest BCUT2D eigenvalue weighted by molar-refractivity contribution is 0.669. The molecule has 8 aromatic carbocycles. The maximum absolute atomic E-state index is 6.86. The largest absolute Gasteiger partial charge is 0.455 e. The molecule has 0 bridgehead atoms. The average Bonchev–Trinajstić information content (AvgIpc) is 3.85. The minimum Gasteiger partial charge on any atom is -0.455 e. The summed E-state index contributed by atoms with van der Waals surface area (Å²) < 4.78 is 6.86. The van der Waals surface area contributed by atoms with E-state index in [4.69, 9.17) is 24.4 Å². The van der Waals surface area contributed by atoms with E-state index >= 15 is 0 Å². The predicted octanol–water partition coefficient (Wildman–Crippen LogP) is 13.8. The van der Waals surface area contributed by atoms with Crippen LogP contribution in [0.5, 0.6) is 0 Å². The van der Waals surface area contributed by atoms with Crippen LogP contribution in [0.3, 0.4) is 0 Å². The number of para-hydroxylation sites is 1. The fraction of sp³-hybridized carbons (Fsp3) is 0.0175. The zero-order valence-electron chi connectivity index (χ0n) is 33.3. The summed E-state index contributed by atoms with van der Waals surface area (Å²) in [5.74, 6) is 1.29. The highest BCUT2D eigenvalue weighted by Crippen LogP contribution is 2.63. The smallest absolute Gasteiger partial charge is 0.160 e. The van der Waals surface area contributed by atoms with Crippen LogP contribution in [-0.2, 0) is 5.41 Å². The highest BCUT2D eigenvalue weighted by atomic mass is 16.3. The molecule has 3 aromatic heterocycles. The van der Waals surface area contributed by atoms with Crippen molar-refractivity contribution in [2.45, 2.75) is 5.41 Å². The summed E-state index contributed by atoms with van der Waals surface area (Å²) in [4.78, 5) is 20.2. The van der Waals surface area contributed by atoms with Crippen molar-refractivity contribution >= 4 is 21.9 Å². The van der Waals surface area contributed by atoms with Gasteiger partial charge in [-0.25, -0.2) is 19.9 Å². The number of furan rings is 1. The molecule has 5 nitrogen and oxygen atoms in total. The molecule has 1 unspecified atom stereocenters. The van der Waals surface area contributed by atoms with E-state index in [0.29, 0.717) is 11.6 Å². The lowest BCUT2D eigenvalue weighted by Crippen LogP contribution is -2.29. The van der Waals surface area contributed by atoms with Crippen molar-refractivity contribution in [1.29, 1.82) is 0 Å². The lowest BCUT2D eigenvalue weighted by Gasteiger charge is -2.35. The summed E-state index contributed by atoms with van der Waals surface area (Å²) in [5.41, 5.74) is 18.2. The molecule has 1 atom stereocenters. The third kappa shape index (κ3) is 4.96. The predicted molar refractivity (Wildman–Crippen MR) is 248 cm³/mol. The van der Waals surface area contributed by atoms with E-state index in [1.165, 1.54) is 44.5 Å². The third-order valence-electron chi connectivity index (χ3n) is 12.8. The van der Waals surface area contributed by atoms with Crippen molar-refractivity contribution in [3.63, 3.8) is 0 Å². The molecule has 2 aliphatic carbocycles. The van der Waals surface area contributed by atoms with Gasteiger partial charge in [0.05, 0.1) is 16.8 Å². The Morgan fingerprint density at radius 3 is 1.68 bits per heavy atom. The molecule has 11 aromatic rings. The maximum Gasteiger partial charge on any atom is 0.160 e. The van der Waals surface area contributed by atoms with Gasteiger partial charge in [0.15, 0.2) is 11.6 Å². The Bertz CT molecular complexity index is 3580. The van der Waals surface area contributed by atoms with Crippen molar-refractivity contribution < 1.29 is 4.42 Å². The minimum absolute atomic E-state index is 0.622. The summed E-state index contributed by atoms with van der Waals surface area (Å²) >= 11 is 0. The summed E-state index contributed by atoms with van der Waals surface area (Å²) in [6.45, 7) is 0. The molecule has 288 valence electrons. The molecular weight excluding hydrogens is 757 g/mol. The van der Waals surface area contributed by atoms with Gasteiger partial charge in [-0.15, -0.1) is 0 Å². The number of hydrogen-bond donors (Lipinski definition) is 0. The van der Waals surface area contributed by atoms with Gasteiger partial charge in [0.1, 0.15) is 11.2 Å². The van der Waals surface area contributed by atoms with Crippen molar-refractivity contribution in [2.24, 2.45) is 0 Å². The minimum atomic E-state index is -0.721. The van der Waals surface area contributed by atoms with Crippen LogP contribution >= 0.6 is 0 Å². The van der Waals surface area contributed by atoms with E-state index in [1.807, 2.05) is 73.1 Å². The molecule has 2 aliphatic rings. The Hall–Kier alpha value is -8.28. The van der Waals surface area contributed by atoms with Crippen LogP contribution < -0.4 is 0 Å². The summed E-state index contributed by atoms with van der Waals surface area (Å²) in [6.07, 6.45) is 3.72. The first kappa shape index (κ1) is 34.6. The Morgan fingerprint density at radius 1 is 0.355 bits per heavy atom. The molecule has 0 amide bonds. The highest BCUT2D eigenvalue weighted by Gasteiger charge is 2.51. The van der Waals surface area contributed by atoms with Gasteiger partial charge in [-0.2, -0.15) is 0 Å². The Labute approximate surface area is 357 Å². The Kier molecular flexibility index (Phi) is 7.45. The number of hydrogen-bond acceptors (Lipinski definition) is 5. The van der Waals surface area contributed by atoms with E-state index in [-0.39, 0.29) is 0 Å². The van der Waals surface area contributed by atoms with Crippen LogP contribution in [0.4, 0.5) is 0 Å². The molecule has 0 aliphatic heterocycles. The van der Waals surface area contributed by atoms with Crippen LogP contribution in [0, 0.1) is 0 Å². The normalized spacial score (nSPS) is 14.5. The van der Waals surface area contributed by atoms with E-state index in [1.54, 1.807) is 0 Å². The number of rotatable bonds is 4. The van der Waals surface area contributed by atoms with Crippen LogP contribution in [0.15, 0.2) is 211 Å². The fourth-order valence-corrected chi connectivity index (χ4v) is 10.2. The van der Waals surface area contributed by atoms with Crippen LogP contribution in [-0.4, -0.2) is 19.9 Å². The van der Waals surface area contributed by atoms with Crippen LogP contribution in [0.2, 0.25) is 0 Å². The van der Waals surface area contributed by atoms with Gasteiger partial charge >= 0.3 is 0 Å². The Balaban J connectivity index is 1.10. The molecule has 1 spiro atoms. The van der Waals surface area contributed by atoms with Gasteiger partial charge < -0.3 is 4.42 Å². The number of nitrogens with zero attached hydrogens (tertiary/aromatic N) is 4. The molecule has 0 saturated heterocycles. The lowest BCUT2D eigenvalue weighted by atomic mass is 9.65. The monoisotopic (exact) mass is 790 g/mol. The van der Waals surface area contributed by atoms with Crippen molar-refractivity contribution in [3.8, 4) is 78.7 Å². The second kappa shape index (κ2) is 13.4. The van der Waals surface area contributed by atoms with Crippen LogP contribution in [0.25, 0.3) is 101 Å². The van der Waals surface area contributed by atoms with Crippen molar-refractivity contribution in [2.75, 3.05) is 0 Å². The first-order valence-electron chi connectivity index (χ1n) is 21.0. The molecule has 13 rings (SSSR count). The number of benzene rings is 8. The topological polar surface area (TPSA) is 64.7 Å². The van der Waals surface area contributed by atoms with Gasteiger partial charge in [0.25, 0.3) is 0 Å². The molecule has 62 heavy (non-hydrogen) atoms. The second-order valence-corrected chi connectivity index (χ2v) is 16.1. The SMILES string of the molecule is c1ccc(-c2cc(-c3cnc(-c4ccccc4)nc3)nc(-c3ccc4c(c3)C3(c5ccccc5-c5ccccc5-4)c4ccccc4-c4c3ccc3c4oc4ccccc43)n2)cc1. The average molecular weight is 791 g/mol. The van der Waals surface area contributed by atoms with E-state index in [0.717, 1.165) is 66.7 Å². The van der Waals surface area contributed by atoms with E-state index in [2.05, 4.69) is 133 Å². The molecule has 0 saturated carbocycles. The Morgan fingerprint density at radius 2 is 0.935 bits per heavy atom. The molecule has 0 fully saturated rings. The summed E-state index contributed by atoms with van der Waals surface area (Å²) in [7, 11) is 0. The van der Waals surface area contributed by atoms with Crippen molar-refractivity contribution in [3.05, 3.63) is 229 Å². The first-order chi connectivity index (χ1) is 30.7. The van der Waals surface area contributed by atoms with Gasteiger partial charge in [0, 0.05) is 51.0 Å². The summed E-state index contributed by atoms with van der Waals surface area (Å²) in [6, 6.07) is 68.9. The maximum atomic E-state index is 6.86. The molecular formula is C57H34N4O. The number of aromatic nitrogens is 4. The number of fused-ring (bicyclic) bond motifs is 16.